The third-order valence-corrected chi connectivity index (χ3v) is 9.38. The molecular weight excluding hydrogens is 583 g/mol. The van der Waals surface area contributed by atoms with Crippen LogP contribution in [0, 0.1) is 17.1 Å². The molecule has 5 heterocycles. The number of nitrogens with zero attached hydrogens (tertiary/aromatic N) is 8. The van der Waals surface area contributed by atoms with Gasteiger partial charge in [0.15, 0.2) is 0 Å². The molecule has 234 valence electrons. The molecule has 0 spiro atoms. The molecule has 0 bridgehead atoms. The molecule has 0 unspecified atom stereocenters. The monoisotopic (exact) mass is 618 g/mol. The second-order valence-electron chi connectivity index (χ2n) is 12.1. The van der Waals surface area contributed by atoms with Gasteiger partial charge in [-0.1, -0.05) is 6.07 Å². The number of nitriles is 1. The molecule has 5 aromatic rings. The maximum Gasteiger partial charge on any atom is 0.335 e. The molecule has 46 heavy (non-hydrogen) atoms. The van der Waals surface area contributed by atoms with Crippen molar-refractivity contribution in [2.75, 3.05) is 24.5 Å². The van der Waals surface area contributed by atoms with Crippen LogP contribution in [0.4, 0.5) is 10.2 Å². The van der Waals surface area contributed by atoms with Gasteiger partial charge >= 0.3 is 5.97 Å². The fraction of sp³-hybridized carbons (Fsp3) is 0.343. The highest BCUT2D eigenvalue weighted by atomic mass is 19.1. The maximum absolute atomic E-state index is 14.8. The van der Waals surface area contributed by atoms with Gasteiger partial charge in [0.1, 0.15) is 23.3 Å². The normalized spacial score (nSPS) is 15.6. The summed E-state index contributed by atoms with van der Waals surface area (Å²) in [6.07, 6.45) is 6.33. The van der Waals surface area contributed by atoms with E-state index >= 15 is 0 Å². The molecule has 10 nitrogen and oxygen atoms in total. The number of carbonyl (C=O) groups is 1. The number of carboxylic acid groups (broad SMARTS) is 1. The highest BCUT2D eigenvalue weighted by Crippen LogP contribution is 2.31. The second-order valence-corrected chi connectivity index (χ2v) is 12.1. The van der Waals surface area contributed by atoms with Gasteiger partial charge in [0.25, 0.3) is 0 Å². The number of aryl methyl sites for hydroxylation is 1. The van der Waals surface area contributed by atoms with Crippen molar-refractivity contribution < 1.29 is 14.3 Å². The van der Waals surface area contributed by atoms with Gasteiger partial charge in [0, 0.05) is 49.2 Å². The molecule has 7 rings (SSSR count). The number of pyridine rings is 1. The number of hydrogen-bond acceptors (Lipinski definition) is 7. The molecule has 0 atom stereocenters. The second kappa shape index (κ2) is 12.4. The van der Waals surface area contributed by atoms with Crippen molar-refractivity contribution in [3.05, 3.63) is 106 Å². The summed E-state index contributed by atoms with van der Waals surface area (Å²) in [7, 11) is 0. The van der Waals surface area contributed by atoms with E-state index in [1.165, 1.54) is 6.07 Å². The Morgan fingerprint density at radius 2 is 1.91 bits per heavy atom. The summed E-state index contributed by atoms with van der Waals surface area (Å²) in [6.45, 7) is 6.96. The van der Waals surface area contributed by atoms with Crippen LogP contribution in [0.2, 0.25) is 0 Å². The van der Waals surface area contributed by atoms with E-state index in [0.717, 1.165) is 78.8 Å². The Bertz CT molecular complexity index is 1970. The SMILES string of the molecule is CCn1ccnc1Cn1c(CN2CCC(c3cccc(N4CCc5cc(C#N)cc(F)c5C4)n3)CC2)nc2ccc(C(=O)O)cc21. The first-order valence-electron chi connectivity index (χ1n) is 15.8. The van der Waals surface area contributed by atoms with Crippen LogP contribution in [0.3, 0.4) is 0 Å². The highest BCUT2D eigenvalue weighted by molar-refractivity contribution is 5.92. The van der Waals surface area contributed by atoms with Gasteiger partial charge in [0.05, 0.1) is 41.3 Å². The van der Waals surface area contributed by atoms with Crippen LogP contribution in [0.15, 0.2) is 60.9 Å². The Labute approximate surface area is 266 Å². The number of fused-ring (bicyclic) bond motifs is 2. The van der Waals surface area contributed by atoms with E-state index < -0.39 is 5.97 Å². The highest BCUT2D eigenvalue weighted by Gasteiger charge is 2.26. The molecule has 0 amide bonds. The van der Waals surface area contributed by atoms with E-state index in [1.807, 2.05) is 18.3 Å². The number of likely N-dealkylation sites (tertiary alicyclic amines) is 1. The Hall–Kier alpha value is -5.08. The van der Waals surface area contributed by atoms with E-state index in [9.17, 15) is 19.6 Å². The largest absolute Gasteiger partial charge is 0.478 e. The first-order valence-corrected chi connectivity index (χ1v) is 15.8. The summed E-state index contributed by atoms with van der Waals surface area (Å²) in [5, 5.41) is 18.8. The number of benzene rings is 2. The van der Waals surface area contributed by atoms with Gasteiger partial charge in [-0.15, -0.1) is 0 Å². The van der Waals surface area contributed by atoms with Crippen LogP contribution in [0.25, 0.3) is 11.0 Å². The Morgan fingerprint density at radius 1 is 1.07 bits per heavy atom. The minimum atomic E-state index is -0.961. The lowest BCUT2D eigenvalue weighted by Gasteiger charge is -2.33. The van der Waals surface area contributed by atoms with Crippen molar-refractivity contribution in [2.45, 2.75) is 58.3 Å². The Morgan fingerprint density at radius 3 is 2.70 bits per heavy atom. The zero-order valence-electron chi connectivity index (χ0n) is 25.7. The summed E-state index contributed by atoms with van der Waals surface area (Å²) in [6, 6.07) is 16.4. The van der Waals surface area contributed by atoms with Crippen LogP contribution in [-0.2, 0) is 32.6 Å². The molecule has 0 radical (unpaired) electrons. The Kier molecular flexibility index (Phi) is 7.96. The zero-order chi connectivity index (χ0) is 31.8. The van der Waals surface area contributed by atoms with Crippen molar-refractivity contribution >= 4 is 22.8 Å². The molecule has 2 aliphatic rings. The topological polar surface area (TPSA) is 116 Å². The molecule has 0 aliphatic carbocycles. The lowest BCUT2D eigenvalue weighted by atomic mass is 9.93. The molecule has 2 aromatic carbocycles. The van der Waals surface area contributed by atoms with Crippen molar-refractivity contribution in [1.29, 1.82) is 5.26 Å². The molecule has 0 saturated carbocycles. The summed E-state index contributed by atoms with van der Waals surface area (Å²) in [5.41, 5.74) is 4.78. The molecule has 2 aliphatic heterocycles. The lowest BCUT2D eigenvalue weighted by molar-refractivity contribution is 0.0697. The minimum absolute atomic E-state index is 0.238. The molecule has 11 heteroatoms. The summed E-state index contributed by atoms with van der Waals surface area (Å²) in [5.74, 6) is 1.68. The van der Waals surface area contributed by atoms with Gasteiger partial charge in [-0.2, -0.15) is 5.26 Å². The standard InChI is InChI=1S/C35H35FN8O2/c1-2-42-15-11-38-33(42)22-44-31-18-26(35(45)46)6-7-30(31)40-34(44)21-41-12-8-24(9-13-41)29-4-3-5-32(39-29)43-14-10-25-16-23(19-37)17-28(36)27(25)20-43/h3-7,11,15-18,24H,2,8-10,12-14,20-22H2,1H3,(H,45,46). The number of aromatic nitrogens is 5. The number of aromatic carboxylic acids is 1. The van der Waals surface area contributed by atoms with Crippen molar-refractivity contribution in [2.24, 2.45) is 0 Å². The van der Waals surface area contributed by atoms with E-state index in [4.69, 9.17) is 9.97 Å². The van der Waals surface area contributed by atoms with Crippen molar-refractivity contribution in [3.63, 3.8) is 0 Å². The maximum atomic E-state index is 14.8. The van der Waals surface area contributed by atoms with Crippen LogP contribution in [-0.4, -0.2) is 59.7 Å². The molecule has 1 fully saturated rings. The zero-order valence-corrected chi connectivity index (χ0v) is 25.7. The molecule has 1 saturated heterocycles. The van der Waals surface area contributed by atoms with Gasteiger partial charge in [0.2, 0.25) is 0 Å². The number of halogens is 1. The smallest absolute Gasteiger partial charge is 0.335 e. The predicted octanol–water partition coefficient (Wildman–Crippen LogP) is 5.35. The predicted molar refractivity (Wildman–Crippen MR) is 171 cm³/mol. The third-order valence-electron chi connectivity index (χ3n) is 9.38. The molecule has 1 N–H and O–H groups in total. The van der Waals surface area contributed by atoms with E-state index in [0.29, 0.717) is 43.1 Å². The first-order chi connectivity index (χ1) is 22.4. The van der Waals surface area contributed by atoms with Crippen LogP contribution in [0.5, 0.6) is 0 Å². The third kappa shape index (κ3) is 5.72. The number of rotatable bonds is 8. The fourth-order valence-corrected chi connectivity index (χ4v) is 6.83. The van der Waals surface area contributed by atoms with Gasteiger partial charge in [-0.25, -0.2) is 24.1 Å². The number of hydrogen-bond donors (Lipinski definition) is 1. The number of piperidine rings is 1. The van der Waals surface area contributed by atoms with Gasteiger partial charge in [-0.3, -0.25) is 4.90 Å². The lowest BCUT2D eigenvalue weighted by Crippen LogP contribution is -2.34. The van der Waals surface area contributed by atoms with Crippen LogP contribution >= 0.6 is 0 Å². The number of imidazole rings is 2. The quantitative estimate of drug-likeness (QED) is 0.248. The summed E-state index contributed by atoms with van der Waals surface area (Å²) in [4.78, 5) is 30.8. The summed E-state index contributed by atoms with van der Waals surface area (Å²) < 4.78 is 19.0. The Balaban J connectivity index is 1.06. The van der Waals surface area contributed by atoms with E-state index in [-0.39, 0.29) is 11.4 Å². The first kappa shape index (κ1) is 29.6. The number of carboxylic acids is 1. The van der Waals surface area contributed by atoms with Crippen molar-refractivity contribution in [3.8, 4) is 6.07 Å². The average Bonchev–Trinajstić information content (AvgIpc) is 3.68. The van der Waals surface area contributed by atoms with Crippen LogP contribution in [0.1, 0.15) is 70.1 Å². The molecular formula is C35H35FN8O2. The average molecular weight is 619 g/mol. The fourth-order valence-electron chi connectivity index (χ4n) is 6.83. The molecule has 3 aromatic heterocycles. The number of anilines is 1. The van der Waals surface area contributed by atoms with Crippen molar-refractivity contribution in [1.82, 2.24) is 29.0 Å². The van der Waals surface area contributed by atoms with E-state index in [1.54, 1.807) is 30.5 Å². The van der Waals surface area contributed by atoms with Gasteiger partial charge < -0.3 is 19.1 Å². The van der Waals surface area contributed by atoms with Gasteiger partial charge in [-0.05, 0) is 87.3 Å². The van der Waals surface area contributed by atoms with Crippen LogP contribution < -0.4 is 4.90 Å². The minimum Gasteiger partial charge on any atom is -0.478 e. The van der Waals surface area contributed by atoms with E-state index in [2.05, 4.69) is 43.0 Å². The summed E-state index contributed by atoms with van der Waals surface area (Å²) >= 11 is 0.